The van der Waals surface area contributed by atoms with Gasteiger partial charge in [0.05, 0.1) is 6.33 Å². The molecule has 6 nitrogen and oxygen atoms in total. The number of aromatic amines is 1. The summed E-state index contributed by atoms with van der Waals surface area (Å²) in [5.41, 5.74) is 1.60. The lowest BCUT2D eigenvalue weighted by Crippen LogP contribution is -2.40. The number of rotatable bonds is 3. The molecule has 0 amide bonds. The van der Waals surface area contributed by atoms with Gasteiger partial charge >= 0.3 is 0 Å². The minimum absolute atomic E-state index is 0.590. The molecule has 6 heteroatoms. The number of anilines is 1. The number of likely N-dealkylation sites (N-methyl/N-ethyl adjacent to an activating group) is 1. The monoisotopic (exact) mass is 246 g/mol. The van der Waals surface area contributed by atoms with Crippen LogP contribution in [-0.4, -0.2) is 51.0 Å². The molecule has 0 aliphatic carbocycles. The van der Waals surface area contributed by atoms with E-state index in [1.165, 1.54) is 25.8 Å². The first-order valence-electron chi connectivity index (χ1n) is 6.43. The molecule has 2 N–H and O–H groups in total. The Morgan fingerprint density at radius 3 is 3.22 bits per heavy atom. The van der Waals surface area contributed by atoms with Crippen molar-refractivity contribution in [3.63, 3.8) is 0 Å². The second-order valence-electron chi connectivity index (χ2n) is 4.83. The molecule has 3 rings (SSSR count). The zero-order chi connectivity index (χ0) is 12.4. The number of imidazole rings is 1. The van der Waals surface area contributed by atoms with Crippen molar-refractivity contribution in [2.45, 2.75) is 25.3 Å². The van der Waals surface area contributed by atoms with E-state index in [0.29, 0.717) is 11.7 Å². The quantitative estimate of drug-likeness (QED) is 0.853. The van der Waals surface area contributed by atoms with Crippen molar-refractivity contribution in [3.05, 3.63) is 12.7 Å². The van der Waals surface area contributed by atoms with Gasteiger partial charge in [0.2, 0.25) is 0 Å². The molecule has 1 saturated heterocycles. The van der Waals surface area contributed by atoms with E-state index in [9.17, 15) is 0 Å². The highest BCUT2D eigenvalue weighted by molar-refractivity contribution is 5.81. The summed E-state index contributed by atoms with van der Waals surface area (Å²) in [5.74, 6) is 0.844. The second kappa shape index (κ2) is 4.89. The molecule has 2 aromatic heterocycles. The van der Waals surface area contributed by atoms with Gasteiger partial charge < -0.3 is 15.2 Å². The van der Waals surface area contributed by atoms with Crippen LogP contribution in [0, 0.1) is 0 Å². The molecule has 1 aliphatic heterocycles. The van der Waals surface area contributed by atoms with Crippen LogP contribution in [0.2, 0.25) is 0 Å². The van der Waals surface area contributed by atoms with Gasteiger partial charge in [-0.05, 0) is 26.4 Å². The zero-order valence-corrected chi connectivity index (χ0v) is 10.6. The fourth-order valence-corrected chi connectivity index (χ4v) is 2.52. The van der Waals surface area contributed by atoms with Gasteiger partial charge in [-0.2, -0.15) is 0 Å². The first-order valence-corrected chi connectivity index (χ1v) is 6.43. The molecule has 3 heterocycles. The van der Waals surface area contributed by atoms with Crippen molar-refractivity contribution < 1.29 is 0 Å². The van der Waals surface area contributed by atoms with E-state index in [0.717, 1.165) is 17.9 Å². The molecule has 2 aromatic rings. The Hall–Kier alpha value is -1.69. The highest BCUT2D eigenvalue weighted by atomic mass is 15.2. The van der Waals surface area contributed by atoms with E-state index in [4.69, 9.17) is 0 Å². The Morgan fingerprint density at radius 1 is 1.39 bits per heavy atom. The molecule has 1 fully saturated rings. The predicted molar refractivity (Wildman–Crippen MR) is 70.4 cm³/mol. The van der Waals surface area contributed by atoms with Crippen LogP contribution in [0.1, 0.15) is 19.3 Å². The number of likely N-dealkylation sites (tertiary alicyclic amines) is 1. The third-order valence-electron chi connectivity index (χ3n) is 3.65. The van der Waals surface area contributed by atoms with Gasteiger partial charge in [0.15, 0.2) is 11.5 Å². The smallest absolute Gasteiger partial charge is 0.182 e. The van der Waals surface area contributed by atoms with Gasteiger partial charge in [-0.15, -0.1) is 0 Å². The fraction of sp³-hybridized carbons (Fsp3) is 0.583. The first-order chi connectivity index (χ1) is 8.84. The molecule has 18 heavy (non-hydrogen) atoms. The van der Waals surface area contributed by atoms with E-state index in [2.05, 4.69) is 37.2 Å². The number of aromatic nitrogens is 4. The average molecular weight is 246 g/mol. The Balaban J connectivity index is 1.71. The number of H-pyrrole nitrogens is 1. The Kier molecular flexibility index (Phi) is 3.10. The van der Waals surface area contributed by atoms with Crippen molar-refractivity contribution >= 4 is 17.0 Å². The molecule has 0 radical (unpaired) electrons. The highest BCUT2D eigenvalue weighted by Crippen LogP contribution is 2.18. The summed E-state index contributed by atoms with van der Waals surface area (Å²) in [6, 6.07) is 0.590. The van der Waals surface area contributed by atoms with Crippen LogP contribution in [0.5, 0.6) is 0 Å². The van der Waals surface area contributed by atoms with E-state index in [1.807, 2.05) is 0 Å². The molecule has 1 atom stereocenters. The second-order valence-corrected chi connectivity index (χ2v) is 4.83. The SMILES string of the molecule is CN1CCCCC1CNc1ncnc2nc[nH]c12. The van der Waals surface area contributed by atoms with Crippen LogP contribution in [0.15, 0.2) is 12.7 Å². The molecular weight excluding hydrogens is 228 g/mol. The van der Waals surface area contributed by atoms with Gasteiger partial charge in [-0.1, -0.05) is 6.42 Å². The number of hydrogen-bond donors (Lipinski definition) is 2. The lowest BCUT2D eigenvalue weighted by atomic mass is 10.0. The number of fused-ring (bicyclic) bond motifs is 1. The number of nitrogens with one attached hydrogen (secondary N) is 2. The van der Waals surface area contributed by atoms with Crippen LogP contribution in [0.3, 0.4) is 0 Å². The first kappa shape index (κ1) is 11.4. The summed E-state index contributed by atoms with van der Waals surface area (Å²) >= 11 is 0. The van der Waals surface area contributed by atoms with Gasteiger partial charge in [0.1, 0.15) is 11.8 Å². The largest absolute Gasteiger partial charge is 0.367 e. The maximum atomic E-state index is 4.28. The average Bonchev–Trinajstić information content (AvgIpc) is 2.86. The summed E-state index contributed by atoms with van der Waals surface area (Å²) in [6.45, 7) is 2.11. The lowest BCUT2D eigenvalue weighted by molar-refractivity contribution is 0.194. The highest BCUT2D eigenvalue weighted by Gasteiger charge is 2.18. The minimum Gasteiger partial charge on any atom is -0.367 e. The van der Waals surface area contributed by atoms with E-state index in [1.54, 1.807) is 12.7 Å². The maximum Gasteiger partial charge on any atom is 0.182 e. The molecule has 0 aromatic carbocycles. The molecule has 1 unspecified atom stereocenters. The Bertz CT molecular complexity index is 522. The van der Waals surface area contributed by atoms with Crippen LogP contribution < -0.4 is 5.32 Å². The van der Waals surface area contributed by atoms with Crippen molar-refractivity contribution in [2.75, 3.05) is 25.5 Å². The number of hydrogen-bond acceptors (Lipinski definition) is 5. The molecule has 1 aliphatic rings. The lowest BCUT2D eigenvalue weighted by Gasteiger charge is -2.32. The van der Waals surface area contributed by atoms with Gasteiger partial charge in [-0.25, -0.2) is 15.0 Å². The van der Waals surface area contributed by atoms with E-state index in [-0.39, 0.29) is 0 Å². The third kappa shape index (κ3) is 2.15. The van der Waals surface area contributed by atoms with Crippen molar-refractivity contribution in [3.8, 4) is 0 Å². The van der Waals surface area contributed by atoms with Gasteiger partial charge in [-0.3, -0.25) is 0 Å². The molecule has 0 saturated carbocycles. The molecule has 0 bridgehead atoms. The van der Waals surface area contributed by atoms with Crippen molar-refractivity contribution in [1.82, 2.24) is 24.8 Å². The fourth-order valence-electron chi connectivity index (χ4n) is 2.52. The predicted octanol–water partition coefficient (Wildman–Crippen LogP) is 1.25. The Morgan fingerprint density at radius 2 is 2.33 bits per heavy atom. The van der Waals surface area contributed by atoms with E-state index >= 15 is 0 Å². The van der Waals surface area contributed by atoms with Gasteiger partial charge in [0, 0.05) is 12.6 Å². The number of piperidine rings is 1. The molecule has 0 spiro atoms. The Labute approximate surface area is 106 Å². The van der Waals surface area contributed by atoms with Crippen LogP contribution in [-0.2, 0) is 0 Å². The third-order valence-corrected chi connectivity index (χ3v) is 3.65. The normalized spacial score (nSPS) is 21.3. The number of nitrogens with zero attached hydrogens (tertiary/aromatic N) is 4. The van der Waals surface area contributed by atoms with Crippen LogP contribution in [0.25, 0.3) is 11.2 Å². The van der Waals surface area contributed by atoms with Crippen LogP contribution in [0.4, 0.5) is 5.82 Å². The topological polar surface area (TPSA) is 69.7 Å². The summed E-state index contributed by atoms with van der Waals surface area (Å²) in [7, 11) is 2.19. The van der Waals surface area contributed by atoms with Crippen molar-refractivity contribution in [1.29, 1.82) is 0 Å². The molecule has 96 valence electrons. The summed E-state index contributed by atoms with van der Waals surface area (Å²) in [5, 5.41) is 3.41. The van der Waals surface area contributed by atoms with Crippen LogP contribution >= 0.6 is 0 Å². The van der Waals surface area contributed by atoms with Crippen molar-refractivity contribution in [2.24, 2.45) is 0 Å². The molecular formula is C12H18N6. The minimum atomic E-state index is 0.590. The summed E-state index contributed by atoms with van der Waals surface area (Å²) in [4.78, 5) is 18.0. The standard InChI is InChI=1S/C12H18N6/c1-18-5-3-2-4-9(18)6-13-11-10-12(15-7-14-10)17-8-16-11/h7-9H,2-6H2,1H3,(H2,13,14,15,16,17). The summed E-state index contributed by atoms with van der Waals surface area (Å²) < 4.78 is 0. The zero-order valence-electron chi connectivity index (χ0n) is 10.6. The summed E-state index contributed by atoms with van der Waals surface area (Å²) in [6.07, 6.45) is 7.08. The maximum absolute atomic E-state index is 4.28. The van der Waals surface area contributed by atoms with Gasteiger partial charge in [0.25, 0.3) is 0 Å². The van der Waals surface area contributed by atoms with E-state index < -0.39 is 0 Å².